The van der Waals surface area contributed by atoms with Crippen LogP contribution < -0.4 is 0 Å². The normalized spacial score (nSPS) is 33.2. The number of aliphatic hydroxyl groups is 1. The summed E-state index contributed by atoms with van der Waals surface area (Å²) in [6.45, 7) is 2.04. The van der Waals surface area contributed by atoms with Gasteiger partial charge in [-0.3, -0.25) is 0 Å². The fourth-order valence-corrected chi connectivity index (χ4v) is 2.08. The number of ether oxygens (including phenoxy) is 1. The molecule has 0 bridgehead atoms. The molecule has 1 fully saturated rings. The molecule has 1 saturated carbocycles. The van der Waals surface area contributed by atoms with E-state index in [4.69, 9.17) is 4.74 Å². The average molecular weight is 172 g/mol. The van der Waals surface area contributed by atoms with E-state index in [0.717, 1.165) is 12.8 Å². The molecule has 1 aliphatic rings. The number of methoxy groups -OCH3 is 1. The molecule has 1 aliphatic carbocycles. The molecule has 12 heavy (non-hydrogen) atoms. The van der Waals surface area contributed by atoms with Crippen LogP contribution in [0.5, 0.6) is 0 Å². The Morgan fingerprint density at radius 3 is 2.83 bits per heavy atom. The minimum Gasteiger partial charge on any atom is -0.393 e. The standard InChI is InChI=1S/C10H20O2/c1-3-10(11)8-5-4-6-9(7-8)12-2/h8-11H,3-7H2,1-2H3. The number of rotatable bonds is 3. The highest BCUT2D eigenvalue weighted by atomic mass is 16.5. The Morgan fingerprint density at radius 1 is 1.50 bits per heavy atom. The van der Waals surface area contributed by atoms with Crippen LogP contribution in [-0.2, 0) is 4.74 Å². The zero-order valence-corrected chi connectivity index (χ0v) is 8.12. The number of hydrogen-bond donors (Lipinski definition) is 1. The highest BCUT2D eigenvalue weighted by Gasteiger charge is 2.25. The number of aliphatic hydroxyl groups excluding tert-OH is 1. The zero-order chi connectivity index (χ0) is 8.97. The molecule has 72 valence electrons. The molecule has 1 rings (SSSR count). The minimum absolute atomic E-state index is 0.108. The van der Waals surface area contributed by atoms with Crippen molar-refractivity contribution in [2.24, 2.45) is 5.92 Å². The smallest absolute Gasteiger partial charge is 0.0575 e. The summed E-state index contributed by atoms with van der Waals surface area (Å²) < 4.78 is 5.30. The second kappa shape index (κ2) is 4.83. The Balaban J connectivity index is 2.34. The number of hydrogen-bond acceptors (Lipinski definition) is 2. The molecule has 3 atom stereocenters. The molecule has 0 aromatic heterocycles. The maximum atomic E-state index is 9.64. The summed E-state index contributed by atoms with van der Waals surface area (Å²) in [5.74, 6) is 0.480. The molecule has 0 aliphatic heterocycles. The lowest BCUT2D eigenvalue weighted by Crippen LogP contribution is -2.29. The lowest BCUT2D eigenvalue weighted by molar-refractivity contribution is 0.00560. The Morgan fingerprint density at radius 2 is 2.25 bits per heavy atom. The fourth-order valence-electron chi connectivity index (χ4n) is 2.08. The molecular weight excluding hydrogens is 152 g/mol. The van der Waals surface area contributed by atoms with Crippen LogP contribution in [0.4, 0.5) is 0 Å². The quantitative estimate of drug-likeness (QED) is 0.705. The van der Waals surface area contributed by atoms with Gasteiger partial charge in [0.05, 0.1) is 12.2 Å². The van der Waals surface area contributed by atoms with Gasteiger partial charge in [0.15, 0.2) is 0 Å². The summed E-state index contributed by atoms with van der Waals surface area (Å²) in [7, 11) is 1.77. The van der Waals surface area contributed by atoms with Crippen LogP contribution in [0.25, 0.3) is 0 Å². The van der Waals surface area contributed by atoms with Crippen LogP contribution in [0.3, 0.4) is 0 Å². The first-order chi connectivity index (χ1) is 5.77. The third-order valence-electron chi connectivity index (χ3n) is 2.96. The molecule has 0 saturated heterocycles. The van der Waals surface area contributed by atoms with E-state index in [0.29, 0.717) is 12.0 Å². The molecule has 0 spiro atoms. The summed E-state index contributed by atoms with van der Waals surface area (Å²) in [6.07, 6.45) is 5.76. The minimum atomic E-state index is -0.108. The first-order valence-corrected chi connectivity index (χ1v) is 4.98. The van der Waals surface area contributed by atoms with Crippen LogP contribution in [0, 0.1) is 5.92 Å². The van der Waals surface area contributed by atoms with Crippen LogP contribution in [-0.4, -0.2) is 24.4 Å². The van der Waals surface area contributed by atoms with Crippen molar-refractivity contribution < 1.29 is 9.84 Å². The molecule has 0 heterocycles. The topological polar surface area (TPSA) is 29.5 Å². The van der Waals surface area contributed by atoms with E-state index >= 15 is 0 Å². The first-order valence-electron chi connectivity index (χ1n) is 4.98. The van der Waals surface area contributed by atoms with E-state index in [9.17, 15) is 5.11 Å². The lowest BCUT2D eigenvalue weighted by Gasteiger charge is -2.30. The van der Waals surface area contributed by atoms with Crippen molar-refractivity contribution in [3.05, 3.63) is 0 Å². The molecule has 2 heteroatoms. The lowest BCUT2D eigenvalue weighted by atomic mass is 9.83. The first kappa shape index (κ1) is 10.0. The van der Waals surface area contributed by atoms with Gasteiger partial charge in [0.2, 0.25) is 0 Å². The van der Waals surface area contributed by atoms with Crippen molar-refractivity contribution in [1.29, 1.82) is 0 Å². The van der Waals surface area contributed by atoms with Crippen molar-refractivity contribution in [2.45, 2.75) is 51.2 Å². The second-order valence-corrected chi connectivity index (χ2v) is 3.76. The Bertz CT molecular complexity index is 123. The molecule has 1 N–H and O–H groups in total. The van der Waals surface area contributed by atoms with Gasteiger partial charge in [-0.1, -0.05) is 13.3 Å². The molecular formula is C10H20O2. The van der Waals surface area contributed by atoms with Gasteiger partial charge in [-0.2, -0.15) is 0 Å². The molecule has 0 aromatic carbocycles. The summed E-state index contributed by atoms with van der Waals surface area (Å²) in [6, 6.07) is 0. The van der Waals surface area contributed by atoms with Crippen molar-refractivity contribution >= 4 is 0 Å². The summed E-state index contributed by atoms with van der Waals surface area (Å²) >= 11 is 0. The Labute approximate surface area is 74.9 Å². The van der Waals surface area contributed by atoms with E-state index in [2.05, 4.69) is 0 Å². The van der Waals surface area contributed by atoms with Crippen LogP contribution in [0.1, 0.15) is 39.0 Å². The van der Waals surface area contributed by atoms with Gasteiger partial charge < -0.3 is 9.84 Å². The monoisotopic (exact) mass is 172 g/mol. The summed E-state index contributed by atoms with van der Waals surface area (Å²) in [5, 5.41) is 9.64. The molecule has 0 radical (unpaired) electrons. The fraction of sp³-hybridized carbons (Fsp3) is 1.00. The van der Waals surface area contributed by atoms with E-state index in [1.165, 1.54) is 19.3 Å². The van der Waals surface area contributed by atoms with Gasteiger partial charge in [0.1, 0.15) is 0 Å². The molecule has 0 aromatic rings. The zero-order valence-electron chi connectivity index (χ0n) is 8.12. The van der Waals surface area contributed by atoms with Crippen molar-refractivity contribution in [1.82, 2.24) is 0 Å². The second-order valence-electron chi connectivity index (χ2n) is 3.76. The van der Waals surface area contributed by atoms with Crippen LogP contribution in [0.15, 0.2) is 0 Å². The highest BCUT2D eigenvalue weighted by molar-refractivity contribution is 4.77. The third kappa shape index (κ3) is 2.46. The van der Waals surface area contributed by atoms with Gasteiger partial charge in [0.25, 0.3) is 0 Å². The predicted molar refractivity (Wildman–Crippen MR) is 49.1 cm³/mol. The van der Waals surface area contributed by atoms with E-state index in [-0.39, 0.29) is 6.10 Å². The van der Waals surface area contributed by atoms with E-state index < -0.39 is 0 Å². The maximum Gasteiger partial charge on any atom is 0.0575 e. The maximum absolute atomic E-state index is 9.64. The van der Waals surface area contributed by atoms with E-state index in [1.54, 1.807) is 7.11 Å². The largest absolute Gasteiger partial charge is 0.393 e. The van der Waals surface area contributed by atoms with Gasteiger partial charge >= 0.3 is 0 Å². The summed E-state index contributed by atoms with van der Waals surface area (Å²) in [5.41, 5.74) is 0. The molecule has 3 unspecified atom stereocenters. The van der Waals surface area contributed by atoms with Gasteiger partial charge in [-0.05, 0) is 31.6 Å². The third-order valence-corrected chi connectivity index (χ3v) is 2.96. The van der Waals surface area contributed by atoms with Crippen molar-refractivity contribution in [3.63, 3.8) is 0 Å². The van der Waals surface area contributed by atoms with Gasteiger partial charge in [-0.25, -0.2) is 0 Å². The van der Waals surface area contributed by atoms with E-state index in [1.807, 2.05) is 6.92 Å². The van der Waals surface area contributed by atoms with Crippen LogP contribution >= 0.6 is 0 Å². The predicted octanol–water partition coefficient (Wildman–Crippen LogP) is 1.96. The van der Waals surface area contributed by atoms with Gasteiger partial charge in [-0.15, -0.1) is 0 Å². The Kier molecular flexibility index (Phi) is 4.02. The SMILES string of the molecule is CCC(O)C1CCCC(OC)C1. The van der Waals surface area contributed by atoms with Crippen LogP contribution in [0.2, 0.25) is 0 Å². The van der Waals surface area contributed by atoms with Crippen molar-refractivity contribution in [3.8, 4) is 0 Å². The van der Waals surface area contributed by atoms with Gasteiger partial charge in [0, 0.05) is 7.11 Å². The molecule has 0 amide bonds. The van der Waals surface area contributed by atoms with Crippen molar-refractivity contribution in [2.75, 3.05) is 7.11 Å². The molecule has 2 nitrogen and oxygen atoms in total. The highest BCUT2D eigenvalue weighted by Crippen LogP contribution is 2.29. The Hall–Kier alpha value is -0.0800. The average Bonchev–Trinajstić information content (AvgIpc) is 2.17. The summed E-state index contributed by atoms with van der Waals surface area (Å²) in [4.78, 5) is 0.